The number of hydrogen-bond acceptors (Lipinski definition) is 3. The summed E-state index contributed by atoms with van der Waals surface area (Å²) in [6.45, 7) is 7.28. The van der Waals surface area contributed by atoms with Crippen molar-refractivity contribution in [1.82, 2.24) is 4.90 Å². The molecule has 0 radical (unpaired) electrons. The molecule has 0 aromatic carbocycles. The molecular formula is C11H21NO3. The highest BCUT2D eigenvalue weighted by atomic mass is 16.4. The molecule has 0 bridgehead atoms. The normalized spacial score (nSPS) is 32.3. The number of aliphatic hydroxyl groups is 1. The van der Waals surface area contributed by atoms with E-state index in [-0.39, 0.29) is 24.0 Å². The summed E-state index contributed by atoms with van der Waals surface area (Å²) in [6, 6.07) is 0.0393. The van der Waals surface area contributed by atoms with Crippen LogP contribution in [-0.2, 0) is 4.79 Å². The van der Waals surface area contributed by atoms with E-state index in [2.05, 4.69) is 4.90 Å². The van der Waals surface area contributed by atoms with Gasteiger partial charge in [-0.15, -0.1) is 0 Å². The SMILES string of the molecule is CC1CN(C(C)C(C)C(=O)O)CCC1O. The average molecular weight is 215 g/mol. The average Bonchev–Trinajstić information content (AvgIpc) is 2.19. The van der Waals surface area contributed by atoms with Gasteiger partial charge in [-0.1, -0.05) is 13.8 Å². The molecule has 4 unspecified atom stereocenters. The van der Waals surface area contributed by atoms with Gasteiger partial charge in [-0.2, -0.15) is 0 Å². The molecule has 1 rings (SSSR count). The summed E-state index contributed by atoms with van der Waals surface area (Å²) in [4.78, 5) is 13.0. The lowest BCUT2D eigenvalue weighted by Crippen LogP contribution is -2.49. The van der Waals surface area contributed by atoms with Crippen molar-refractivity contribution in [3.05, 3.63) is 0 Å². The van der Waals surface area contributed by atoms with Crippen molar-refractivity contribution in [2.75, 3.05) is 13.1 Å². The van der Waals surface area contributed by atoms with Crippen molar-refractivity contribution in [2.24, 2.45) is 11.8 Å². The van der Waals surface area contributed by atoms with Crippen molar-refractivity contribution in [1.29, 1.82) is 0 Å². The van der Waals surface area contributed by atoms with Gasteiger partial charge in [0.25, 0.3) is 0 Å². The minimum Gasteiger partial charge on any atom is -0.481 e. The number of hydrogen-bond donors (Lipinski definition) is 2. The zero-order valence-electron chi connectivity index (χ0n) is 9.68. The second kappa shape index (κ2) is 4.94. The molecular weight excluding hydrogens is 194 g/mol. The Morgan fingerprint density at radius 3 is 2.53 bits per heavy atom. The van der Waals surface area contributed by atoms with Gasteiger partial charge >= 0.3 is 5.97 Å². The highest BCUT2D eigenvalue weighted by Gasteiger charge is 2.31. The van der Waals surface area contributed by atoms with Crippen LogP contribution in [0, 0.1) is 11.8 Å². The van der Waals surface area contributed by atoms with Gasteiger partial charge in [0.2, 0.25) is 0 Å². The Kier molecular flexibility index (Phi) is 4.11. The van der Waals surface area contributed by atoms with Crippen LogP contribution in [0.15, 0.2) is 0 Å². The Balaban J connectivity index is 2.54. The maximum Gasteiger partial charge on any atom is 0.307 e. The predicted molar refractivity (Wildman–Crippen MR) is 57.6 cm³/mol. The molecule has 4 atom stereocenters. The third kappa shape index (κ3) is 2.92. The number of rotatable bonds is 3. The Bertz CT molecular complexity index is 232. The van der Waals surface area contributed by atoms with E-state index >= 15 is 0 Å². The number of nitrogens with zero attached hydrogens (tertiary/aromatic N) is 1. The number of carbonyl (C=O) groups is 1. The Morgan fingerprint density at radius 1 is 1.47 bits per heavy atom. The molecule has 0 aromatic rings. The highest BCUT2D eigenvalue weighted by Crippen LogP contribution is 2.21. The lowest BCUT2D eigenvalue weighted by atomic mass is 9.93. The van der Waals surface area contributed by atoms with E-state index in [1.165, 1.54) is 0 Å². The fourth-order valence-electron chi connectivity index (χ4n) is 2.06. The lowest BCUT2D eigenvalue weighted by molar-refractivity contribution is -0.143. The minimum absolute atomic E-state index is 0.0393. The third-order valence-electron chi connectivity index (χ3n) is 3.58. The molecule has 1 aliphatic rings. The zero-order valence-corrected chi connectivity index (χ0v) is 9.68. The largest absolute Gasteiger partial charge is 0.481 e. The summed E-state index contributed by atoms with van der Waals surface area (Å²) < 4.78 is 0. The number of likely N-dealkylation sites (tertiary alicyclic amines) is 1. The van der Waals surface area contributed by atoms with E-state index in [4.69, 9.17) is 5.11 Å². The van der Waals surface area contributed by atoms with Gasteiger partial charge in [-0.05, 0) is 19.3 Å². The van der Waals surface area contributed by atoms with Crippen LogP contribution in [0.5, 0.6) is 0 Å². The Hall–Kier alpha value is -0.610. The molecule has 1 fully saturated rings. The van der Waals surface area contributed by atoms with Crippen LogP contribution in [0.1, 0.15) is 27.2 Å². The van der Waals surface area contributed by atoms with Gasteiger partial charge in [-0.3, -0.25) is 9.69 Å². The fraction of sp³-hybridized carbons (Fsp3) is 0.909. The van der Waals surface area contributed by atoms with Crippen molar-refractivity contribution in [3.8, 4) is 0 Å². The number of piperidine rings is 1. The molecule has 2 N–H and O–H groups in total. The van der Waals surface area contributed by atoms with E-state index < -0.39 is 5.97 Å². The number of carboxylic acids is 1. The van der Waals surface area contributed by atoms with Gasteiger partial charge in [0, 0.05) is 19.1 Å². The van der Waals surface area contributed by atoms with Gasteiger partial charge in [0.1, 0.15) is 0 Å². The van der Waals surface area contributed by atoms with Crippen molar-refractivity contribution < 1.29 is 15.0 Å². The van der Waals surface area contributed by atoms with Gasteiger partial charge in [0.15, 0.2) is 0 Å². The molecule has 4 heteroatoms. The first-order chi connectivity index (χ1) is 6.93. The van der Waals surface area contributed by atoms with E-state index in [1.807, 2.05) is 13.8 Å². The molecule has 4 nitrogen and oxygen atoms in total. The van der Waals surface area contributed by atoms with E-state index in [0.29, 0.717) is 0 Å². The summed E-state index contributed by atoms with van der Waals surface area (Å²) in [5.74, 6) is -0.865. The molecule has 0 saturated carbocycles. The van der Waals surface area contributed by atoms with Crippen LogP contribution < -0.4 is 0 Å². The monoisotopic (exact) mass is 215 g/mol. The Morgan fingerprint density at radius 2 is 2.07 bits per heavy atom. The van der Waals surface area contributed by atoms with Crippen molar-refractivity contribution >= 4 is 5.97 Å². The van der Waals surface area contributed by atoms with E-state index in [1.54, 1.807) is 6.92 Å². The maximum atomic E-state index is 10.9. The molecule has 0 amide bonds. The lowest BCUT2D eigenvalue weighted by Gasteiger charge is -2.39. The van der Waals surface area contributed by atoms with E-state index in [9.17, 15) is 9.90 Å². The molecule has 0 aliphatic carbocycles. The molecule has 88 valence electrons. The van der Waals surface area contributed by atoms with Crippen LogP contribution >= 0.6 is 0 Å². The predicted octanol–water partition coefficient (Wildman–Crippen LogP) is 0.798. The molecule has 0 aromatic heterocycles. The first-order valence-corrected chi connectivity index (χ1v) is 5.58. The van der Waals surface area contributed by atoms with Crippen LogP contribution in [0.25, 0.3) is 0 Å². The number of carboxylic acid groups (broad SMARTS) is 1. The quantitative estimate of drug-likeness (QED) is 0.731. The molecule has 1 saturated heterocycles. The van der Waals surface area contributed by atoms with Crippen LogP contribution in [0.3, 0.4) is 0 Å². The summed E-state index contributed by atoms with van der Waals surface area (Å²) >= 11 is 0. The van der Waals surface area contributed by atoms with Crippen LogP contribution in [0.2, 0.25) is 0 Å². The van der Waals surface area contributed by atoms with Gasteiger partial charge in [-0.25, -0.2) is 0 Å². The molecule has 15 heavy (non-hydrogen) atoms. The van der Waals surface area contributed by atoms with Gasteiger partial charge < -0.3 is 10.2 Å². The summed E-state index contributed by atoms with van der Waals surface area (Å²) in [7, 11) is 0. The van der Waals surface area contributed by atoms with Crippen LogP contribution in [0.4, 0.5) is 0 Å². The molecule has 1 heterocycles. The maximum absolute atomic E-state index is 10.9. The smallest absolute Gasteiger partial charge is 0.307 e. The first-order valence-electron chi connectivity index (χ1n) is 5.58. The number of aliphatic carboxylic acids is 1. The molecule has 0 spiro atoms. The zero-order chi connectivity index (χ0) is 11.6. The topological polar surface area (TPSA) is 60.8 Å². The highest BCUT2D eigenvalue weighted by molar-refractivity contribution is 5.70. The summed E-state index contributed by atoms with van der Waals surface area (Å²) in [5, 5.41) is 18.5. The second-order valence-electron chi connectivity index (χ2n) is 4.70. The third-order valence-corrected chi connectivity index (χ3v) is 3.58. The summed E-state index contributed by atoms with van der Waals surface area (Å²) in [6.07, 6.45) is 0.520. The molecule has 1 aliphatic heterocycles. The second-order valence-corrected chi connectivity index (χ2v) is 4.70. The van der Waals surface area contributed by atoms with Gasteiger partial charge in [0.05, 0.1) is 12.0 Å². The van der Waals surface area contributed by atoms with Crippen molar-refractivity contribution in [2.45, 2.75) is 39.3 Å². The number of aliphatic hydroxyl groups excluding tert-OH is 1. The van der Waals surface area contributed by atoms with Crippen molar-refractivity contribution in [3.63, 3.8) is 0 Å². The Labute approximate surface area is 90.9 Å². The van der Waals surface area contributed by atoms with Crippen LogP contribution in [-0.4, -0.2) is 46.3 Å². The fourth-order valence-corrected chi connectivity index (χ4v) is 2.06. The first kappa shape index (κ1) is 12.5. The minimum atomic E-state index is -0.749. The summed E-state index contributed by atoms with van der Waals surface area (Å²) in [5.41, 5.74) is 0. The van der Waals surface area contributed by atoms with E-state index in [0.717, 1.165) is 19.5 Å². The standard InChI is InChI=1S/C11H21NO3/c1-7-6-12(5-4-10(7)13)9(3)8(2)11(14)15/h7-10,13H,4-6H2,1-3H3,(H,14,15).